The van der Waals surface area contributed by atoms with Crippen molar-refractivity contribution in [1.82, 2.24) is 10.3 Å². The molecule has 0 bridgehead atoms. The maximum absolute atomic E-state index is 5.18. The Morgan fingerprint density at radius 3 is 2.87 bits per heavy atom. The van der Waals surface area contributed by atoms with Gasteiger partial charge in [0, 0.05) is 24.3 Å². The minimum absolute atomic E-state index is 0.724. The van der Waals surface area contributed by atoms with Gasteiger partial charge in [0.05, 0.1) is 7.11 Å². The van der Waals surface area contributed by atoms with E-state index in [-0.39, 0.29) is 0 Å². The summed E-state index contributed by atoms with van der Waals surface area (Å²) in [6.07, 6.45) is 3.60. The molecule has 3 heteroatoms. The topological polar surface area (TPSA) is 34.1 Å². The van der Waals surface area contributed by atoms with Gasteiger partial charge < -0.3 is 10.1 Å². The number of nitrogens with one attached hydrogen (secondary N) is 1. The molecule has 1 aliphatic rings. The van der Waals surface area contributed by atoms with Crippen molar-refractivity contribution in [1.29, 1.82) is 0 Å². The second-order valence-corrected chi connectivity index (χ2v) is 4.02. The van der Waals surface area contributed by atoms with Gasteiger partial charge in [0.1, 0.15) is 0 Å². The zero-order valence-corrected chi connectivity index (χ0v) is 9.42. The molecule has 0 amide bonds. The molecule has 1 aliphatic carbocycles. The fourth-order valence-electron chi connectivity index (χ4n) is 1.56. The van der Waals surface area contributed by atoms with Crippen LogP contribution in [-0.4, -0.2) is 18.1 Å². The summed E-state index contributed by atoms with van der Waals surface area (Å²) in [5, 5.41) is 3.49. The molecule has 1 saturated carbocycles. The fourth-order valence-corrected chi connectivity index (χ4v) is 1.56. The number of ether oxygens (including phenoxy) is 1. The fraction of sp³-hybridized carbons (Fsp3) is 0.583. The van der Waals surface area contributed by atoms with Gasteiger partial charge in [0.25, 0.3) is 0 Å². The van der Waals surface area contributed by atoms with Crippen LogP contribution in [0.3, 0.4) is 0 Å². The molecule has 0 aliphatic heterocycles. The van der Waals surface area contributed by atoms with Crippen LogP contribution >= 0.6 is 0 Å². The van der Waals surface area contributed by atoms with Crippen LogP contribution in [0.5, 0.6) is 5.88 Å². The normalized spacial score (nSPS) is 15.3. The molecule has 0 aromatic carbocycles. The Bertz CT molecular complexity index is 312. The number of methoxy groups -OCH3 is 1. The van der Waals surface area contributed by atoms with Gasteiger partial charge in [0.2, 0.25) is 5.88 Å². The van der Waals surface area contributed by atoms with E-state index in [1.54, 1.807) is 7.11 Å². The molecular formula is C12H18N2O. The van der Waals surface area contributed by atoms with Gasteiger partial charge in [-0.1, -0.05) is 6.92 Å². The summed E-state index contributed by atoms with van der Waals surface area (Å²) >= 11 is 0. The SMILES string of the molecule is CCc1cc(CNC2CC2)cc(OC)n1. The first-order valence-corrected chi connectivity index (χ1v) is 5.59. The Labute approximate surface area is 90.9 Å². The minimum Gasteiger partial charge on any atom is -0.481 e. The largest absolute Gasteiger partial charge is 0.481 e. The van der Waals surface area contributed by atoms with Crippen LogP contribution in [0.25, 0.3) is 0 Å². The molecule has 0 atom stereocenters. The number of aromatic nitrogens is 1. The first kappa shape index (κ1) is 10.4. The van der Waals surface area contributed by atoms with Crippen LogP contribution in [0.1, 0.15) is 31.0 Å². The monoisotopic (exact) mass is 206 g/mol. The zero-order chi connectivity index (χ0) is 10.7. The van der Waals surface area contributed by atoms with Gasteiger partial charge >= 0.3 is 0 Å². The highest BCUT2D eigenvalue weighted by atomic mass is 16.5. The van der Waals surface area contributed by atoms with Crippen LogP contribution in [0.15, 0.2) is 12.1 Å². The highest BCUT2D eigenvalue weighted by Crippen LogP contribution is 2.20. The van der Waals surface area contributed by atoms with E-state index in [2.05, 4.69) is 23.3 Å². The molecule has 0 spiro atoms. The van der Waals surface area contributed by atoms with E-state index in [9.17, 15) is 0 Å². The molecule has 0 unspecified atom stereocenters. The number of nitrogens with zero attached hydrogens (tertiary/aromatic N) is 1. The quantitative estimate of drug-likeness (QED) is 0.799. The summed E-state index contributed by atoms with van der Waals surface area (Å²) < 4.78 is 5.18. The summed E-state index contributed by atoms with van der Waals surface area (Å²) in [4.78, 5) is 4.36. The van der Waals surface area contributed by atoms with Crippen molar-refractivity contribution in [2.75, 3.05) is 7.11 Å². The molecule has 1 aromatic rings. The van der Waals surface area contributed by atoms with E-state index < -0.39 is 0 Å². The number of hydrogen-bond donors (Lipinski definition) is 1. The van der Waals surface area contributed by atoms with Crippen molar-refractivity contribution >= 4 is 0 Å². The lowest BCUT2D eigenvalue weighted by Crippen LogP contribution is -2.15. The van der Waals surface area contributed by atoms with Gasteiger partial charge in [-0.15, -0.1) is 0 Å². The van der Waals surface area contributed by atoms with E-state index in [1.807, 2.05) is 6.07 Å². The molecule has 0 saturated heterocycles. The number of pyridine rings is 1. The Morgan fingerprint density at radius 1 is 1.47 bits per heavy atom. The average Bonchev–Trinajstić information content (AvgIpc) is 3.09. The maximum atomic E-state index is 5.18. The van der Waals surface area contributed by atoms with Crippen LogP contribution in [0, 0.1) is 0 Å². The Hall–Kier alpha value is -1.09. The third kappa shape index (κ3) is 2.93. The van der Waals surface area contributed by atoms with E-state index in [0.717, 1.165) is 30.6 Å². The summed E-state index contributed by atoms with van der Waals surface area (Å²) in [5.74, 6) is 0.724. The van der Waals surface area contributed by atoms with Crippen molar-refractivity contribution in [2.24, 2.45) is 0 Å². The van der Waals surface area contributed by atoms with E-state index in [1.165, 1.54) is 18.4 Å². The second-order valence-electron chi connectivity index (χ2n) is 4.02. The molecule has 1 aromatic heterocycles. The minimum atomic E-state index is 0.724. The van der Waals surface area contributed by atoms with E-state index >= 15 is 0 Å². The third-order valence-electron chi connectivity index (χ3n) is 2.66. The third-order valence-corrected chi connectivity index (χ3v) is 2.66. The van der Waals surface area contributed by atoms with E-state index in [0.29, 0.717) is 0 Å². The predicted molar refractivity (Wildman–Crippen MR) is 60.0 cm³/mol. The number of rotatable bonds is 5. The van der Waals surface area contributed by atoms with Crippen molar-refractivity contribution in [3.63, 3.8) is 0 Å². The van der Waals surface area contributed by atoms with Gasteiger partial charge in [-0.05, 0) is 30.9 Å². The van der Waals surface area contributed by atoms with E-state index in [4.69, 9.17) is 4.74 Å². The molecule has 0 radical (unpaired) electrons. The highest BCUT2D eigenvalue weighted by molar-refractivity contribution is 5.25. The van der Waals surface area contributed by atoms with Crippen LogP contribution in [0.4, 0.5) is 0 Å². The molecule has 1 fully saturated rings. The Morgan fingerprint density at radius 2 is 2.27 bits per heavy atom. The number of aryl methyl sites for hydroxylation is 1. The average molecular weight is 206 g/mol. The predicted octanol–water partition coefficient (Wildman–Crippen LogP) is 1.90. The highest BCUT2D eigenvalue weighted by Gasteiger charge is 2.20. The lowest BCUT2D eigenvalue weighted by molar-refractivity contribution is 0.395. The van der Waals surface area contributed by atoms with Crippen LogP contribution in [-0.2, 0) is 13.0 Å². The van der Waals surface area contributed by atoms with Crippen molar-refractivity contribution in [3.8, 4) is 5.88 Å². The molecule has 15 heavy (non-hydrogen) atoms. The summed E-state index contributed by atoms with van der Waals surface area (Å²) in [5.41, 5.74) is 2.37. The number of hydrogen-bond acceptors (Lipinski definition) is 3. The lowest BCUT2D eigenvalue weighted by Gasteiger charge is -2.07. The summed E-state index contributed by atoms with van der Waals surface area (Å²) in [6, 6.07) is 4.90. The van der Waals surface area contributed by atoms with Crippen molar-refractivity contribution in [2.45, 2.75) is 38.8 Å². The lowest BCUT2D eigenvalue weighted by atomic mass is 10.2. The standard InChI is InChI=1S/C12H18N2O/c1-3-10-6-9(7-12(14-10)15-2)8-13-11-4-5-11/h6-7,11,13H,3-5,8H2,1-2H3. The zero-order valence-electron chi connectivity index (χ0n) is 9.42. The molecule has 82 valence electrons. The van der Waals surface area contributed by atoms with Gasteiger partial charge in [-0.25, -0.2) is 4.98 Å². The molecule has 2 rings (SSSR count). The summed E-state index contributed by atoms with van der Waals surface area (Å²) in [7, 11) is 1.67. The summed E-state index contributed by atoms with van der Waals surface area (Å²) in [6.45, 7) is 3.04. The molecule has 3 nitrogen and oxygen atoms in total. The van der Waals surface area contributed by atoms with Gasteiger partial charge in [-0.3, -0.25) is 0 Å². The molecule has 1 heterocycles. The molecular weight excluding hydrogens is 188 g/mol. The second kappa shape index (κ2) is 4.62. The first-order valence-electron chi connectivity index (χ1n) is 5.59. The Balaban J connectivity index is 2.06. The molecule has 1 N–H and O–H groups in total. The van der Waals surface area contributed by atoms with Gasteiger partial charge in [-0.2, -0.15) is 0 Å². The van der Waals surface area contributed by atoms with Gasteiger partial charge in [0.15, 0.2) is 0 Å². The Kier molecular flexibility index (Phi) is 3.21. The maximum Gasteiger partial charge on any atom is 0.213 e. The van der Waals surface area contributed by atoms with Crippen molar-refractivity contribution < 1.29 is 4.74 Å². The van der Waals surface area contributed by atoms with Crippen molar-refractivity contribution in [3.05, 3.63) is 23.4 Å². The van der Waals surface area contributed by atoms with Crippen LogP contribution < -0.4 is 10.1 Å². The first-order chi connectivity index (χ1) is 7.31. The van der Waals surface area contributed by atoms with Crippen LogP contribution in [0.2, 0.25) is 0 Å². The smallest absolute Gasteiger partial charge is 0.213 e.